The van der Waals surface area contributed by atoms with Crippen LogP contribution in [0, 0.1) is 5.92 Å². The Morgan fingerprint density at radius 3 is 2.24 bits per heavy atom. The van der Waals surface area contributed by atoms with Gasteiger partial charge < -0.3 is 14.0 Å². The molecular weight excluding hydrogens is 416 g/mol. The van der Waals surface area contributed by atoms with Gasteiger partial charge in [0.25, 0.3) is 5.91 Å². The summed E-state index contributed by atoms with van der Waals surface area (Å²) >= 11 is 0. The highest BCUT2D eigenvalue weighted by atomic mass is 16.5. The summed E-state index contributed by atoms with van der Waals surface area (Å²) in [5, 5.41) is 7.19. The summed E-state index contributed by atoms with van der Waals surface area (Å²) in [7, 11) is 0. The van der Waals surface area contributed by atoms with E-state index in [9.17, 15) is 4.79 Å². The van der Waals surface area contributed by atoms with E-state index in [1.165, 1.54) is 38.5 Å². The molecule has 1 fully saturated rings. The third-order valence-corrected chi connectivity index (χ3v) is 6.35. The van der Waals surface area contributed by atoms with Gasteiger partial charge in [0.2, 0.25) is 5.88 Å². The third-order valence-electron chi connectivity index (χ3n) is 6.35. The van der Waals surface area contributed by atoms with Crippen LogP contribution < -0.4 is 14.8 Å². The zero-order valence-corrected chi connectivity index (χ0v) is 20.7. The molecule has 6 heteroatoms. The maximum atomic E-state index is 13.2. The van der Waals surface area contributed by atoms with Gasteiger partial charge in [-0.2, -0.15) is 0 Å². The topological polar surface area (TPSA) is 73.6 Å². The van der Waals surface area contributed by atoms with Gasteiger partial charge in [0, 0.05) is 11.5 Å². The first-order valence-electron chi connectivity index (χ1n) is 12.6. The second-order valence-electron chi connectivity index (χ2n) is 9.80. The summed E-state index contributed by atoms with van der Waals surface area (Å²) in [6.07, 6.45) is 10.7. The van der Waals surface area contributed by atoms with Crippen molar-refractivity contribution in [2.45, 2.75) is 90.9 Å². The van der Waals surface area contributed by atoms with Crippen LogP contribution >= 0.6 is 0 Å². The predicted octanol–water partition coefficient (Wildman–Crippen LogP) is 7.14. The molecule has 0 spiro atoms. The highest BCUT2D eigenvalue weighted by Crippen LogP contribution is 2.37. The number of benzene rings is 1. The number of anilines is 1. The monoisotopic (exact) mass is 456 g/mol. The minimum absolute atomic E-state index is 0.112. The number of amides is 1. The Morgan fingerprint density at radius 2 is 1.67 bits per heavy atom. The first kappa shape index (κ1) is 25.1. The van der Waals surface area contributed by atoms with Crippen molar-refractivity contribution in [1.29, 1.82) is 0 Å². The molecule has 1 aliphatic rings. The Labute approximate surface area is 198 Å². The average molecular weight is 457 g/mol. The zero-order valence-electron chi connectivity index (χ0n) is 20.7. The Hall–Kier alpha value is -2.50. The van der Waals surface area contributed by atoms with Gasteiger partial charge in [0.15, 0.2) is 0 Å². The molecule has 33 heavy (non-hydrogen) atoms. The molecule has 2 aromatic rings. The fraction of sp³-hybridized carbons (Fsp3) is 0.630. The van der Waals surface area contributed by atoms with Crippen molar-refractivity contribution in [3.05, 3.63) is 35.5 Å². The SMILES string of the molecule is CCCOc1cccc(OCCC)c1C(=O)Nc1cc(C(C)(C)CC2CCCCCC2)no1. The molecule has 1 saturated carbocycles. The van der Waals surface area contributed by atoms with E-state index in [2.05, 4.69) is 24.3 Å². The molecule has 0 atom stereocenters. The molecule has 1 N–H and O–H groups in total. The summed E-state index contributed by atoms with van der Waals surface area (Å²) in [5.74, 6) is 1.76. The molecule has 6 nitrogen and oxygen atoms in total. The number of nitrogens with one attached hydrogen (secondary N) is 1. The number of carbonyl (C=O) groups is 1. The summed E-state index contributed by atoms with van der Waals surface area (Å²) in [4.78, 5) is 13.2. The van der Waals surface area contributed by atoms with Gasteiger partial charge in [-0.3, -0.25) is 10.1 Å². The Balaban J connectivity index is 1.74. The molecule has 1 aromatic carbocycles. The van der Waals surface area contributed by atoms with Crippen molar-refractivity contribution in [3.63, 3.8) is 0 Å². The molecule has 0 radical (unpaired) electrons. The summed E-state index contributed by atoms with van der Waals surface area (Å²) in [6, 6.07) is 7.29. The van der Waals surface area contributed by atoms with Crippen molar-refractivity contribution in [2.75, 3.05) is 18.5 Å². The number of nitrogens with zero attached hydrogens (tertiary/aromatic N) is 1. The third kappa shape index (κ3) is 6.99. The standard InChI is InChI=1S/C27H40N2O4/c1-5-16-31-21-14-11-15-22(32-17-6-2)25(21)26(30)28-24-18-23(29-33-24)27(3,4)19-20-12-9-7-8-10-13-20/h11,14-15,18,20H,5-10,12-13,16-17,19H2,1-4H3,(H,28,30). The maximum Gasteiger partial charge on any atom is 0.265 e. The van der Waals surface area contributed by atoms with Crippen molar-refractivity contribution in [3.8, 4) is 11.5 Å². The van der Waals surface area contributed by atoms with Crippen LogP contribution in [0.4, 0.5) is 5.88 Å². The largest absolute Gasteiger partial charge is 0.493 e. The fourth-order valence-electron chi connectivity index (χ4n) is 4.62. The highest BCUT2D eigenvalue weighted by molar-refractivity contribution is 6.07. The number of rotatable bonds is 11. The van der Waals surface area contributed by atoms with Crippen molar-refractivity contribution in [2.24, 2.45) is 5.92 Å². The Morgan fingerprint density at radius 1 is 1.06 bits per heavy atom. The van der Waals surface area contributed by atoms with E-state index in [1.807, 2.05) is 26.0 Å². The van der Waals surface area contributed by atoms with E-state index in [0.717, 1.165) is 30.9 Å². The molecule has 0 saturated heterocycles. The molecule has 3 rings (SSSR count). The van der Waals surface area contributed by atoms with E-state index < -0.39 is 0 Å². The molecule has 1 aliphatic carbocycles. The van der Waals surface area contributed by atoms with E-state index in [4.69, 9.17) is 14.0 Å². The van der Waals surface area contributed by atoms with E-state index in [0.29, 0.717) is 36.2 Å². The van der Waals surface area contributed by atoms with Crippen molar-refractivity contribution in [1.82, 2.24) is 5.16 Å². The van der Waals surface area contributed by atoms with E-state index in [1.54, 1.807) is 12.1 Å². The van der Waals surface area contributed by atoms with Gasteiger partial charge >= 0.3 is 0 Å². The van der Waals surface area contributed by atoms with Crippen LogP contribution in [0.1, 0.15) is 102 Å². The lowest BCUT2D eigenvalue weighted by Gasteiger charge is -2.27. The smallest absolute Gasteiger partial charge is 0.265 e. The lowest BCUT2D eigenvalue weighted by Crippen LogP contribution is -2.22. The molecule has 0 bridgehead atoms. The lowest BCUT2D eigenvalue weighted by molar-refractivity contribution is 0.101. The zero-order chi connectivity index (χ0) is 23.7. The first-order chi connectivity index (χ1) is 15.9. The predicted molar refractivity (Wildman–Crippen MR) is 131 cm³/mol. The second-order valence-corrected chi connectivity index (χ2v) is 9.80. The Bertz CT molecular complexity index is 856. The highest BCUT2D eigenvalue weighted by Gasteiger charge is 2.30. The number of carbonyl (C=O) groups excluding carboxylic acids is 1. The van der Waals surface area contributed by atoms with Crippen LogP contribution in [-0.2, 0) is 5.41 Å². The second kappa shape index (κ2) is 12.1. The lowest BCUT2D eigenvalue weighted by atomic mass is 9.77. The van der Waals surface area contributed by atoms with Crippen LogP contribution in [0.25, 0.3) is 0 Å². The Kier molecular flexibility index (Phi) is 9.21. The van der Waals surface area contributed by atoms with E-state index in [-0.39, 0.29) is 11.3 Å². The molecule has 182 valence electrons. The van der Waals surface area contributed by atoms with Gasteiger partial charge in [-0.1, -0.05) is 77.4 Å². The number of hydrogen-bond donors (Lipinski definition) is 1. The number of aromatic nitrogens is 1. The average Bonchev–Trinajstić information content (AvgIpc) is 3.13. The van der Waals surface area contributed by atoms with Crippen LogP contribution in [0.15, 0.2) is 28.8 Å². The summed E-state index contributed by atoms with van der Waals surface area (Å²) in [5.41, 5.74) is 1.15. The maximum absolute atomic E-state index is 13.2. The quantitative estimate of drug-likeness (QED) is 0.364. The molecule has 0 aliphatic heterocycles. The fourth-order valence-corrected chi connectivity index (χ4v) is 4.62. The van der Waals surface area contributed by atoms with Gasteiger partial charge in [-0.15, -0.1) is 0 Å². The molecule has 1 amide bonds. The first-order valence-corrected chi connectivity index (χ1v) is 12.6. The molecule has 1 heterocycles. The van der Waals surface area contributed by atoms with Crippen molar-refractivity contribution < 1.29 is 18.8 Å². The van der Waals surface area contributed by atoms with Gasteiger partial charge in [0.1, 0.15) is 17.1 Å². The van der Waals surface area contributed by atoms with Crippen LogP contribution in [0.5, 0.6) is 11.5 Å². The van der Waals surface area contributed by atoms with Crippen molar-refractivity contribution >= 4 is 11.8 Å². The minimum Gasteiger partial charge on any atom is -0.493 e. The van der Waals surface area contributed by atoms with Gasteiger partial charge in [0.05, 0.1) is 18.9 Å². The molecule has 1 aromatic heterocycles. The van der Waals surface area contributed by atoms with Crippen LogP contribution in [0.3, 0.4) is 0 Å². The van der Waals surface area contributed by atoms with Gasteiger partial charge in [-0.25, -0.2) is 0 Å². The minimum atomic E-state index is -0.322. The molecular formula is C27H40N2O4. The van der Waals surface area contributed by atoms with Crippen LogP contribution in [-0.4, -0.2) is 24.3 Å². The number of hydrogen-bond acceptors (Lipinski definition) is 5. The summed E-state index contributed by atoms with van der Waals surface area (Å²) in [6.45, 7) is 9.55. The van der Waals surface area contributed by atoms with E-state index >= 15 is 0 Å². The molecule has 0 unspecified atom stereocenters. The van der Waals surface area contributed by atoms with Gasteiger partial charge in [-0.05, 0) is 37.3 Å². The normalized spacial score (nSPS) is 15.2. The number of ether oxygens (including phenoxy) is 2. The van der Waals surface area contributed by atoms with Crippen LogP contribution in [0.2, 0.25) is 0 Å². The summed E-state index contributed by atoms with van der Waals surface area (Å²) < 4.78 is 17.2.